The van der Waals surface area contributed by atoms with Gasteiger partial charge in [-0.1, -0.05) is 48.5 Å². The zero-order valence-corrected chi connectivity index (χ0v) is 17.6. The normalized spacial score (nSPS) is 29.5. The van der Waals surface area contributed by atoms with Crippen LogP contribution in [0, 0.1) is 11.8 Å². The number of nitrogens with one attached hydrogen (secondary N) is 1. The van der Waals surface area contributed by atoms with Crippen molar-refractivity contribution in [1.29, 1.82) is 0 Å². The average Bonchev–Trinajstić information content (AvgIpc) is 3.26. The lowest BCUT2D eigenvalue weighted by atomic mass is 9.76. The highest BCUT2D eigenvalue weighted by Gasteiger charge is 2.73. The van der Waals surface area contributed by atoms with Gasteiger partial charge < -0.3 is 10.1 Å². The Kier molecular flexibility index (Phi) is 4.82. The Labute approximate surface area is 185 Å². The highest BCUT2D eigenvalue weighted by Crippen LogP contribution is 2.57. The van der Waals surface area contributed by atoms with Gasteiger partial charge in [0.1, 0.15) is 5.54 Å². The van der Waals surface area contributed by atoms with Gasteiger partial charge in [0.2, 0.25) is 17.7 Å². The first-order valence-corrected chi connectivity index (χ1v) is 10.6. The summed E-state index contributed by atoms with van der Waals surface area (Å²) in [5.74, 6) is -3.63. The molecular formula is C24H23N3O5. The minimum absolute atomic E-state index is 0.304. The second-order valence-electron chi connectivity index (χ2n) is 8.33. The van der Waals surface area contributed by atoms with Crippen LogP contribution in [0.1, 0.15) is 18.0 Å². The van der Waals surface area contributed by atoms with Gasteiger partial charge in [-0.2, -0.15) is 0 Å². The zero-order valence-electron chi connectivity index (χ0n) is 17.6. The number of esters is 1. The Morgan fingerprint density at radius 3 is 2.34 bits per heavy atom. The standard InChI is InChI=1S/C24H23N3O5/c1-32-17(28)14-24-19-18(21(29)27(22(19)30)16-10-6-3-7-11-16)20(15-8-4-2-5-9-15)26(24)13-12-25-23(24)31/h2-11,18-20H,12-14H2,1H3,(H,25,31). The van der Waals surface area contributed by atoms with E-state index in [4.69, 9.17) is 4.74 Å². The van der Waals surface area contributed by atoms with Gasteiger partial charge in [0.15, 0.2) is 0 Å². The van der Waals surface area contributed by atoms with E-state index in [0.29, 0.717) is 18.8 Å². The number of imide groups is 1. The molecule has 0 aliphatic carbocycles. The zero-order chi connectivity index (χ0) is 22.5. The molecule has 0 radical (unpaired) electrons. The molecule has 0 bridgehead atoms. The third kappa shape index (κ3) is 2.72. The topological polar surface area (TPSA) is 96.0 Å². The second-order valence-corrected chi connectivity index (χ2v) is 8.33. The van der Waals surface area contributed by atoms with Crippen LogP contribution in [-0.4, -0.2) is 54.3 Å². The Hall–Kier alpha value is -3.52. The number of fused-ring (bicyclic) bond motifs is 3. The van der Waals surface area contributed by atoms with Crippen LogP contribution in [0.2, 0.25) is 0 Å². The minimum Gasteiger partial charge on any atom is -0.469 e. The van der Waals surface area contributed by atoms with E-state index in [1.54, 1.807) is 30.3 Å². The Morgan fingerprint density at radius 1 is 1.03 bits per heavy atom. The first kappa shape index (κ1) is 20.4. The number of carbonyl (C=O) groups is 4. The van der Waals surface area contributed by atoms with Crippen LogP contribution in [0.5, 0.6) is 0 Å². The summed E-state index contributed by atoms with van der Waals surface area (Å²) in [5.41, 5.74) is -0.202. The highest BCUT2D eigenvalue weighted by molar-refractivity contribution is 6.24. The summed E-state index contributed by atoms with van der Waals surface area (Å²) in [6.07, 6.45) is -0.304. The van der Waals surface area contributed by atoms with Crippen molar-refractivity contribution < 1.29 is 23.9 Å². The van der Waals surface area contributed by atoms with E-state index in [9.17, 15) is 19.2 Å². The first-order valence-electron chi connectivity index (χ1n) is 10.6. The maximum Gasteiger partial charge on any atom is 0.307 e. The lowest BCUT2D eigenvalue weighted by Gasteiger charge is -2.45. The summed E-state index contributed by atoms with van der Waals surface area (Å²) in [6, 6.07) is 17.6. The lowest BCUT2D eigenvalue weighted by Crippen LogP contribution is -2.67. The van der Waals surface area contributed by atoms with Gasteiger partial charge in [0, 0.05) is 19.1 Å². The Balaban J connectivity index is 1.71. The van der Waals surface area contributed by atoms with Crippen LogP contribution >= 0.6 is 0 Å². The Bertz CT molecular complexity index is 1090. The summed E-state index contributed by atoms with van der Waals surface area (Å²) >= 11 is 0. The molecule has 0 spiro atoms. The van der Waals surface area contributed by atoms with E-state index in [1.807, 2.05) is 35.2 Å². The number of anilines is 1. The number of benzene rings is 2. The number of hydrogen-bond donors (Lipinski definition) is 1. The minimum atomic E-state index is -1.49. The van der Waals surface area contributed by atoms with Crippen molar-refractivity contribution in [3.05, 3.63) is 66.2 Å². The maximum atomic E-state index is 13.8. The summed E-state index contributed by atoms with van der Waals surface area (Å²) < 4.78 is 4.91. The fraction of sp³-hybridized carbons (Fsp3) is 0.333. The third-order valence-electron chi connectivity index (χ3n) is 6.88. The number of piperazine rings is 1. The summed E-state index contributed by atoms with van der Waals surface area (Å²) in [6.45, 7) is 0.788. The number of nitrogens with zero attached hydrogens (tertiary/aromatic N) is 2. The first-order chi connectivity index (χ1) is 15.5. The molecule has 3 aliphatic rings. The predicted molar refractivity (Wildman–Crippen MR) is 114 cm³/mol. The van der Waals surface area contributed by atoms with Gasteiger partial charge in [0.05, 0.1) is 31.1 Å². The molecule has 2 aromatic rings. The van der Waals surface area contributed by atoms with E-state index in [-0.39, 0.29) is 12.3 Å². The largest absolute Gasteiger partial charge is 0.469 e. The number of amides is 3. The second kappa shape index (κ2) is 7.56. The maximum absolute atomic E-state index is 13.8. The molecule has 0 aromatic heterocycles. The van der Waals surface area contributed by atoms with Gasteiger partial charge in [-0.15, -0.1) is 0 Å². The monoisotopic (exact) mass is 433 g/mol. The number of rotatable bonds is 4. The van der Waals surface area contributed by atoms with E-state index in [0.717, 1.165) is 5.56 Å². The van der Waals surface area contributed by atoms with Crippen molar-refractivity contribution >= 4 is 29.4 Å². The Morgan fingerprint density at radius 2 is 1.69 bits per heavy atom. The van der Waals surface area contributed by atoms with Crippen LogP contribution in [0.4, 0.5) is 5.69 Å². The molecule has 3 heterocycles. The summed E-state index contributed by atoms with van der Waals surface area (Å²) in [4.78, 5) is 56.5. The fourth-order valence-electron chi connectivity index (χ4n) is 5.64. The van der Waals surface area contributed by atoms with Crippen molar-refractivity contribution in [2.75, 3.05) is 25.1 Å². The average molecular weight is 433 g/mol. The van der Waals surface area contributed by atoms with Gasteiger partial charge >= 0.3 is 5.97 Å². The van der Waals surface area contributed by atoms with E-state index < -0.39 is 41.2 Å². The van der Waals surface area contributed by atoms with E-state index in [2.05, 4.69) is 5.32 Å². The molecular weight excluding hydrogens is 410 g/mol. The molecule has 8 nitrogen and oxygen atoms in total. The molecule has 32 heavy (non-hydrogen) atoms. The van der Waals surface area contributed by atoms with Crippen molar-refractivity contribution in [2.45, 2.75) is 18.0 Å². The number of para-hydroxylation sites is 1. The predicted octanol–water partition coefficient (Wildman–Crippen LogP) is 1.28. The SMILES string of the molecule is COC(=O)CC12C(=O)NCCN1C(c1ccccc1)C1C(=O)N(c3ccccc3)C(=O)C12. The molecule has 4 unspecified atom stereocenters. The van der Waals surface area contributed by atoms with Crippen LogP contribution in [-0.2, 0) is 23.9 Å². The van der Waals surface area contributed by atoms with E-state index >= 15 is 0 Å². The number of ether oxygens (including phenoxy) is 1. The molecule has 3 saturated heterocycles. The molecule has 3 fully saturated rings. The third-order valence-corrected chi connectivity index (χ3v) is 6.88. The molecule has 3 amide bonds. The van der Waals surface area contributed by atoms with Crippen LogP contribution in [0.3, 0.4) is 0 Å². The quantitative estimate of drug-likeness (QED) is 0.577. The summed E-state index contributed by atoms with van der Waals surface area (Å²) in [7, 11) is 1.25. The number of carbonyl (C=O) groups excluding carboxylic acids is 4. The molecule has 4 atom stereocenters. The van der Waals surface area contributed by atoms with Crippen molar-refractivity contribution in [1.82, 2.24) is 10.2 Å². The van der Waals surface area contributed by atoms with Crippen molar-refractivity contribution in [3.8, 4) is 0 Å². The highest BCUT2D eigenvalue weighted by atomic mass is 16.5. The van der Waals surface area contributed by atoms with Gasteiger partial charge in [-0.25, -0.2) is 4.90 Å². The number of methoxy groups -OCH3 is 1. The fourth-order valence-corrected chi connectivity index (χ4v) is 5.64. The van der Waals surface area contributed by atoms with Gasteiger partial charge in [-0.3, -0.25) is 24.1 Å². The van der Waals surface area contributed by atoms with Crippen LogP contribution in [0.25, 0.3) is 0 Å². The molecule has 5 rings (SSSR count). The summed E-state index contributed by atoms with van der Waals surface area (Å²) in [5, 5.41) is 2.83. The smallest absolute Gasteiger partial charge is 0.307 e. The molecule has 164 valence electrons. The molecule has 2 aromatic carbocycles. The molecule has 8 heteroatoms. The molecule has 1 N–H and O–H groups in total. The molecule has 0 saturated carbocycles. The van der Waals surface area contributed by atoms with Crippen molar-refractivity contribution in [3.63, 3.8) is 0 Å². The van der Waals surface area contributed by atoms with Gasteiger partial charge in [0.25, 0.3) is 0 Å². The van der Waals surface area contributed by atoms with Crippen molar-refractivity contribution in [2.24, 2.45) is 11.8 Å². The lowest BCUT2D eigenvalue weighted by molar-refractivity contribution is -0.154. The van der Waals surface area contributed by atoms with Crippen LogP contribution < -0.4 is 10.2 Å². The molecule has 3 aliphatic heterocycles. The van der Waals surface area contributed by atoms with Gasteiger partial charge in [-0.05, 0) is 17.7 Å². The van der Waals surface area contributed by atoms with E-state index in [1.165, 1.54) is 12.0 Å². The van der Waals surface area contributed by atoms with Crippen LogP contribution in [0.15, 0.2) is 60.7 Å². The number of hydrogen-bond acceptors (Lipinski definition) is 6.